The molecule has 0 unspecified atom stereocenters. The molecule has 0 aliphatic heterocycles. The SMILES string of the molecule is Nc1cc(NCC2(CO)CCCC2)ccn1. The summed E-state index contributed by atoms with van der Waals surface area (Å²) in [4.78, 5) is 3.95. The minimum atomic E-state index is 0.0675. The Morgan fingerprint density at radius 1 is 1.44 bits per heavy atom. The van der Waals surface area contributed by atoms with Crippen LogP contribution in [0.2, 0.25) is 0 Å². The average Bonchev–Trinajstić information content (AvgIpc) is 2.76. The fourth-order valence-electron chi connectivity index (χ4n) is 2.36. The fraction of sp³-hybridized carbons (Fsp3) is 0.583. The van der Waals surface area contributed by atoms with Gasteiger partial charge < -0.3 is 16.2 Å². The van der Waals surface area contributed by atoms with Crippen molar-refractivity contribution < 1.29 is 5.11 Å². The minimum Gasteiger partial charge on any atom is -0.396 e. The van der Waals surface area contributed by atoms with E-state index >= 15 is 0 Å². The molecule has 1 saturated carbocycles. The molecule has 4 N–H and O–H groups in total. The Balaban J connectivity index is 1.95. The van der Waals surface area contributed by atoms with Gasteiger partial charge in [-0.25, -0.2) is 4.98 Å². The van der Waals surface area contributed by atoms with Gasteiger partial charge in [0.05, 0.1) is 6.61 Å². The topological polar surface area (TPSA) is 71.2 Å². The van der Waals surface area contributed by atoms with Crippen LogP contribution in [0.3, 0.4) is 0 Å². The first-order valence-corrected chi connectivity index (χ1v) is 5.80. The van der Waals surface area contributed by atoms with Crippen LogP contribution in [0, 0.1) is 5.41 Å². The molecule has 0 atom stereocenters. The molecule has 2 rings (SSSR count). The number of aliphatic hydroxyl groups is 1. The molecule has 1 aliphatic rings. The maximum Gasteiger partial charge on any atom is 0.125 e. The monoisotopic (exact) mass is 221 g/mol. The van der Waals surface area contributed by atoms with Gasteiger partial charge in [0.1, 0.15) is 5.82 Å². The largest absolute Gasteiger partial charge is 0.396 e. The van der Waals surface area contributed by atoms with Crippen molar-refractivity contribution in [2.45, 2.75) is 25.7 Å². The van der Waals surface area contributed by atoms with E-state index in [1.807, 2.05) is 12.1 Å². The number of pyridine rings is 1. The zero-order valence-corrected chi connectivity index (χ0v) is 9.45. The quantitative estimate of drug-likeness (QED) is 0.722. The molecular formula is C12H19N3O. The van der Waals surface area contributed by atoms with Crippen LogP contribution in [0.1, 0.15) is 25.7 Å². The Morgan fingerprint density at radius 3 is 2.81 bits per heavy atom. The van der Waals surface area contributed by atoms with Crippen LogP contribution in [0.5, 0.6) is 0 Å². The molecule has 1 aromatic heterocycles. The van der Waals surface area contributed by atoms with E-state index in [0.29, 0.717) is 5.82 Å². The predicted molar refractivity (Wildman–Crippen MR) is 65.1 cm³/mol. The molecule has 1 fully saturated rings. The van der Waals surface area contributed by atoms with Gasteiger partial charge in [-0.05, 0) is 18.9 Å². The van der Waals surface area contributed by atoms with Crippen LogP contribution in [-0.2, 0) is 0 Å². The second-order valence-electron chi connectivity index (χ2n) is 4.69. The Hall–Kier alpha value is -1.29. The summed E-state index contributed by atoms with van der Waals surface area (Å²) < 4.78 is 0. The summed E-state index contributed by atoms with van der Waals surface area (Å²) in [5, 5.41) is 12.8. The van der Waals surface area contributed by atoms with Crippen LogP contribution < -0.4 is 11.1 Å². The Kier molecular flexibility index (Phi) is 3.29. The lowest BCUT2D eigenvalue weighted by Gasteiger charge is -2.27. The lowest BCUT2D eigenvalue weighted by Crippen LogP contribution is -2.30. The molecule has 16 heavy (non-hydrogen) atoms. The second-order valence-corrected chi connectivity index (χ2v) is 4.69. The Morgan fingerprint density at radius 2 is 2.19 bits per heavy atom. The summed E-state index contributed by atoms with van der Waals surface area (Å²) in [5.74, 6) is 0.523. The first-order valence-electron chi connectivity index (χ1n) is 5.80. The van der Waals surface area contributed by atoms with E-state index in [1.165, 1.54) is 12.8 Å². The number of nitrogens with zero attached hydrogens (tertiary/aromatic N) is 1. The standard InChI is InChI=1S/C12H19N3O/c13-11-7-10(3-6-14-11)15-8-12(9-16)4-1-2-5-12/h3,6-7,16H,1-2,4-5,8-9H2,(H3,13,14,15). The van der Waals surface area contributed by atoms with E-state index in [-0.39, 0.29) is 12.0 Å². The third kappa shape index (κ3) is 2.44. The number of aromatic nitrogens is 1. The lowest BCUT2D eigenvalue weighted by molar-refractivity contribution is 0.142. The van der Waals surface area contributed by atoms with Crippen LogP contribution in [0.4, 0.5) is 11.5 Å². The van der Waals surface area contributed by atoms with Crippen molar-refractivity contribution in [3.63, 3.8) is 0 Å². The van der Waals surface area contributed by atoms with Gasteiger partial charge in [0.15, 0.2) is 0 Å². The molecule has 0 aromatic carbocycles. The van der Waals surface area contributed by atoms with Crippen molar-refractivity contribution in [2.75, 3.05) is 24.2 Å². The van der Waals surface area contributed by atoms with Crippen molar-refractivity contribution in [3.05, 3.63) is 18.3 Å². The smallest absolute Gasteiger partial charge is 0.125 e. The van der Waals surface area contributed by atoms with E-state index in [2.05, 4.69) is 10.3 Å². The molecule has 0 spiro atoms. The molecule has 1 aliphatic carbocycles. The molecule has 0 amide bonds. The third-order valence-corrected chi connectivity index (χ3v) is 3.45. The number of nitrogen functional groups attached to an aromatic ring is 1. The van der Waals surface area contributed by atoms with Crippen molar-refractivity contribution in [1.29, 1.82) is 0 Å². The number of nitrogens with two attached hydrogens (primary N) is 1. The summed E-state index contributed by atoms with van der Waals surface area (Å²) in [5.41, 5.74) is 6.65. The zero-order valence-electron chi connectivity index (χ0n) is 9.45. The van der Waals surface area contributed by atoms with Gasteiger partial charge in [0.25, 0.3) is 0 Å². The number of nitrogens with one attached hydrogen (secondary N) is 1. The van der Waals surface area contributed by atoms with E-state index in [9.17, 15) is 5.11 Å². The molecule has 0 radical (unpaired) electrons. The second kappa shape index (κ2) is 4.70. The third-order valence-electron chi connectivity index (χ3n) is 3.45. The number of hydrogen-bond donors (Lipinski definition) is 3. The minimum absolute atomic E-state index is 0.0675. The first kappa shape index (κ1) is 11.2. The van der Waals surface area contributed by atoms with Gasteiger partial charge in [0, 0.05) is 29.9 Å². The van der Waals surface area contributed by atoms with Gasteiger partial charge >= 0.3 is 0 Å². The first-order chi connectivity index (χ1) is 7.74. The van der Waals surface area contributed by atoms with E-state index in [0.717, 1.165) is 25.1 Å². The summed E-state index contributed by atoms with van der Waals surface area (Å²) >= 11 is 0. The van der Waals surface area contributed by atoms with Crippen molar-refractivity contribution in [2.24, 2.45) is 5.41 Å². The summed E-state index contributed by atoms with van der Waals surface area (Å²) in [6, 6.07) is 3.72. The highest BCUT2D eigenvalue weighted by atomic mass is 16.3. The molecule has 0 bridgehead atoms. The van der Waals surface area contributed by atoms with Crippen molar-refractivity contribution in [1.82, 2.24) is 4.98 Å². The van der Waals surface area contributed by atoms with E-state index in [1.54, 1.807) is 6.20 Å². The van der Waals surface area contributed by atoms with Gasteiger partial charge in [-0.3, -0.25) is 0 Å². The highest BCUT2D eigenvalue weighted by Gasteiger charge is 2.32. The number of hydrogen-bond acceptors (Lipinski definition) is 4. The van der Waals surface area contributed by atoms with E-state index in [4.69, 9.17) is 5.73 Å². The predicted octanol–water partition coefficient (Wildman–Crippen LogP) is 1.63. The normalized spacial score (nSPS) is 18.6. The molecule has 88 valence electrons. The van der Waals surface area contributed by atoms with Crippen LogP contribution in [0.15, 0.2) is 18.3 Å². The highest BCUT2D eigenvalue weighted by molar-refractivity contribution is 5.49. The molecule has 4 nitrogen and oxygen atoms in total. The summed E-state index contributed by atoms with van der Waals surface area (Å²) in [7, 11) is 0. The van der Waals surface area contributed by atoms with Gasteiger partial charge in [-0.1, -0.05) is 12.8 Å². The molecular weight excluding hydrogens is 202 g/mol. The van der Waals surface area contributed by atoms with Gasteiger partial charge in [-0.15, -0.1) is 0 Å². The Labute approximate surface area is 95.9 Å². The van der Waals surface area contributed by atoms with Gasteiger partial charge in [0.2, 0.25) is 0 Å². The fourth-order valence-corrected chi connectivity index (χ4v) is 2.36. The van der Waals surface area contributed by atoms with E-state index < -0.39 is 0 Å². The number of anilines is 2. The number of rotatable bonds is 4. The molecule has 1 heterocycles. The highest BCUT2D eigenvalue weighted by Crippen LogP contribution is 2.37. The van der Waals surface area contributed by atoms with Crippen molar-refractivity contribution >= 4 is 11.5 Å². The summed E-state index contributed by atoms with van der Waals surface area (Å²) in [6.07, 6.45) is 6.35. The zero-order chi connectivity index (χ0) is 11.4. The number of aliphatic hydroxyl groups excluding tert-OH is 1. The molecule has 1 aromatic rings. The Bertz CT molecular complexity index is 348. The molecule has 4 heteroatoms. The molecule has 0 saturated heterocycles. The lowest BCUT2D eigenvalue weighted by atomic mass is 9.87. The average molecular weight is 221 g/mol. The van der Waals surface area contributed by atoms with Crippen LogP contribution in [-0.4, -0.2) is 23.2 Å². The summed E-state index contributed by atoms with van der Waals surface area (Å²) in [6.45, 7) is 1.08. The van der Waals surface area contributed by atoms with Crippen molar-refractivity contribution in [3.8, 4) is 0 Å². The van der Waals surface area contributed by atoms with Crippen LogP contribution >= 0.6 is 0 Å². The van der Waals surface area contributed by atoms with Crippen LogP contribution in [0.25, 0.3) is 0 Å². The maximum atomic E-state index is 9.47. The van der Waals surface area contributed by atoms with Gasteiger partial charge in [-0.2, -0.15) is 0 Å². The maximum absolute atomic E-state index is 9.47.